The maximum atomic E-state index is 14.0. The van der Waals surface area contributed by atoms with Gasteiger partial charge in [-0.15, -0.1) is 0 Å². The number of hydrogen-bond acceptors (Lipinski definition) is 2. The zero-order chi connectivity index (χ0) is 19.9. The molecule has 28 heavy (non-hydrogen) atoms. The number of rotatable bonds is 6. The Balaban J connectivity index is 1.75. The van der Waals surface area contributed by atoms with Gasteiger partial charge < -0.3 is 10.6 Å². The molecule has 0 heterocycles. The lowest BCUT2D eigenvalue weighted by atomic mass is 10.0. The summed E-state index contributed by atoms with van der Waals surface area (Å²) in [7, 11) is 0. The molecule has 0 aliphatic heterocycles. The monoisotopic (exact) mass is 376 g/mol. The first-order valence-electron chi connectivity index (χ1n) is 9.00. The van der Waals surface area contributed by atoms with Crippen molar-refractivity contribution in [2.75, 3.05) is 5.32 Å². The van der Waals surface area contributed by atoms with Crippen LogP contribution in [0.25, 0.3) is 0 Å². The maximum Gasteiger partial charge on any atom is 0.251 e. The fourth-order valence-corrected chi connectivity index (χ4v) is 2.88. The molecule has 5 heteroatoms. The van der Waals surface area contributed by atoms with E-state index in [1.807, 2.05) is 36.4 Å². The number of carbonyl (C=O) groups excluding carboxylic acids is 2. The predicted molar refractivity (Wildman–Crippen MR) is 107 cm³/mol. The van der Waals surface area contributed by atoms with E-state index in [0.717, 1.165) is 11.1 Å². The molecule has 0 radical (unpaired) electrons. The number of halogens is 1. The van der Waals surface area contributed by atoms with Crippen LogP contribution in [0.1, 0.15) is 33.9 Å². The predicted octanol–water partition coefficient (Wildman–Crippen LogP) is 4.63. The summed E-state index contributed by atoms with van der Waals surface area (Å²) >= 11 is 0. The van der Waals surface area contributed by atoms with Crippen molar-refractivity contribution in [1.29, 1.82) is 0 Å². The average molecular weight is 376 g/mol. The summed E-state index contributed by atoms with van der Waals surface area (Å²) in [5.41, 5.74) is 2.20. The van der Waals surface area contributed by atoms with Crippen LogP contribution < -0.4 is 10.6 Å². The van der Waals surface area contributed by atoms with E-state index in [0.29, 0.717) is 5.56 Å². The third-order valence-electron chi connectivity index (χ3n) is 4.33. The van der Waals surface area contributed by atoms with Crippen LogP contribution in [0.4, 0.5) is 10.1 Å². The maximum absolute atomic E-state index is 14.0. The zero-order valence-corrected chi connectivity index (χ0v) is 15.5. The fourth-order valence-electron chi connectivity index (χ4n) is 2.88. The van der Waals surface area contributed by atoms with Crippen LogP contribution in [0, 0.1) is 12.7 Å². The first-order valence-corrected chi connectivity index (χ1v) is 9.00. The number of nitrogens with one attached hydrogen (secondary N) is 2. The fraction of sp³-hybridized carbons (Fsp3) is 0.130. The molecule has 142 valence electrons. The number of amides is 2. The van der Waals surface area contributed by atoms with E-state index < -0.39 is 11.9 Å². The molecule has 0 spiro atoms. The number of aryl methyl sites for hydroxylation is 1. The van der Waals surface area contributed by atoms with Crippen LogP contribution in [0.2, 0.25) is 0 Å². The van der Waals surface area contributed by atoms with Gasteiger partial charge in [-0.25, -0.2) is 4.39 Å². The van der Waals surface area contributed by atoms with Gasteiger partial charge in [0.15, 0.2) is 0 Å². The Kier molecular flexibility index (Phi) is 6.17. The Morgan fingerprint density at radius 3 is 2.21 bits per heavy atom. The van der Waals surface area contributed by atoms with Gasteiger partial charge in [0.1, 0.15) is 5.82 Å². The molecule has 0 aliphatic rings. The van der Waals surface area contributed by atoms with Crippen molar-refractivity contribution in [2.45, 2.75) is 19.4 Å². The van der Waals surface area contributed by atoms with Crippen molar-refractivity contribution in [2.24, 2.45) is 0 Å². The third-order valence-corrected chi connectivity index (χ3v) is 4.33. The largest absolute Gasteiger partial charge is 0.345 e. The Hall–Kier alpha value is -3.47. The molecule has 3 rings (SSSR count). The third kappa shape index (κ3) is 5.04. The summed E-state index contributed by atoms with van der Waals surface area (Å²) in [4.78, 5) is 25.1. The molecule has 3 aromatic carbocycles. The highest BCUT2D eigenvalue weighted by Crippen LogP contribution is 2.20. The van der Waals surface area contributed by atoms with E-state index in [2.05, 4.69) is 10.6 Å². The molecule has 0 aromatic heterocycles. The highest BCUT2D eigenvalue weighted by molar-refractivity contribution is 5.95. The van der Waals surface area contributed by atoms with Gasteiger partial charge in [-0.3, -0.25) is 9.59 Å². The summed E-state index contributed by atoms with van der Waals surface area (Å²) in [5, 5.41) is 5.48. The molecule has 1 unspecified atom stereocenters. The normalized spacial score (nSPS) is 11.5. The molecule has 0 aliphatic carbocycles. The lowest BCUT2D eigenvalue weighted by Crippen LogP contribution is -2.31. The lowest BCUT2D eigenvalue weighted by molar-refractivity contribution is -0.116. The van der Waals surface area contributed by atoms with E-state index in [9.17, 15) is 14.0 Å². The first-order chi connectivity index (χ1) is 13.5. The first kappa shape index (κ1) is 19.3. The molecule has 0 bridgehead atoms. The minimum Gasteiger partial charge on any atom is -0.345 e. The SMILES string of the molecule is Cc1ccc(NC(=O)CC(NC(=O)c2ccccc2)c2ccccc2)c(F)c1. The van der Waals surface area contributed by atoms with Gasteiger partial charge in [-0.2, -0.15) is 0 Å². The molecular weight excluding hydrogens is 355 g/mol. The Bertz CT molecular complexity index is 959. The van der Waals surface area contributed by atoms with Crippen molar-refractivity contribution in [3.8, 4) is 0 Å². The van der Waals surface area contributed by atoms with Gasteiger partial charge in [-0.05, 0) is 42.3 Å². The van der Waals surface area contributed by atoms with Crippen molar-refractivity contribution in [3.05, 3.63) is 101 Å². The summed E-state index contributed by atoms with van der Waals surface area (Å²) < 4.78 is 14.0. The number of hydrogen-bond donors (Lipinski definition) is 2. The molecule has 2 amide bonds. The van der Waals surface area contributed by atoms with E-state index in [4.69, 9.17) is 0 Å². The summed E-state index contributed by atoms with van der Waals surface area (Å²) in [5.74, 6) is -1.15. The van der Waals surface area contributed by atoms with E-state index in [1.54, 1.807) is 37.3 Å². The van der Waals surface area contributed by atoms with Crippen molar-refractivity contribution in [3.63, 3.8) is 0 Å². The van der Waals surface area contributed by atoms with Gasteiger partial charge in [0, 0.05) is 5.56 Å². The average Bonchev–Trinajstić information content (AvgIpc) is 2.71. The molecule has 0 saturated carbocycles. The van der Waals surface area contributed by atoms with Gasteiger partial charge in [0.05, 0.1) is 18.2 Å². The van der Waals surface area contributed by atoms with Crippen LogP contribution in [-0.4, -0.2) is 11.8 Å². The molecule has 4 nitrogen and oxygen atoms in total. The van der Waals surface area contributed by atoms with Gasteiger partial charge in [0.2, 0.25) is 5.91 Å². The number of carbonyl (C=O) groups is 2. The highest BCUT2D eigenvalue weighted by Gasteiger charge is 2.20. The second-order valence-corrected chi connectivity index (χ2v) is 6.54. The molecule has 0 fully saturated rings. The summed E-state index contributed by atoms with van der Waals surface area (Å²) in [6.07, 6.45) is -0.0180. The van der Waals surface area contributed by atoms with Crippen LogP contribution >= 0.6 is 0 Å². The molecular formula is C23H21FN2O2. The van der Waals surface area contributed by atoms with Gasteiger partial charge in [0.25, 0.3) is 5.91 Å². The second-order valence-electron chi connectivity index (χ2n) is 6.54. The Morgan fingerprint density at radius 1 is 0.929 bits per heavy atom. The second kappa shape index (κ2) is 8.95. The quantitative estimate of drug-likeness (QED) is 0.659. The number of anilines is 1. The molecule has 3 aromatic rings. The number of benzene rings is 3. The Morgan fingerprint density at radius 2 is 1.57 bits per heavy atom. The van der Waals surface area contributed by atoms with Crippen molar-refractivity contribution < 1.29 is 14.0 Å². The van der Waals surface area contributed by atoms with Crippen LogP contribution in [0.15, 0.2) is 78.9 Å². The standard InChI is InChI=1S/C23H21FN2O2/c1-16-12-13-20(19(24)14-16)25-22(27)15-21(17-8-4-2-5-9-17)26-23(28)18-10-6-3-7-11-18/h2-14,21H,15H2,1H3,(H,25,27)(H,26,28). The minimum absolute atomic E-state index is 0.0180. The van der Waals surface area contributed by atoms with Gasteiger partial charge in [-0.1, -0.05) is 54.6 Å². The topological polar surface area (TPSA) is 58.2 Å². The molecule has 1 atom stereocenters. The Labute approximate surface area is 163 Å². The smallest absolute Gasteiger partial charge is 0.251 e. The molecule has 2 N–H and O–H groups in total. The van der Waals surface area contributed by atoms with Crippen LogP contribution in [0.3, 0.4) is 0 Å². The van der Waals surface area contributed by atoms with E-state index in [1.165, 1.54) is 12.1 Å². The van der Waals surface area contributed by atoms with Gasteiger partial charge >= 0.3 is 0 Å². The minimum atomic E-state index is -0.539. The zero-order valence-electron chi connectivity index (χ0n) is 15.5. The van der Waals surface area contributed by atoms with Crippen LogP contribution in [0.5, 0.6) is 0 Å². The van der Waals surface area contributed by atoms with Crippen molar-refractivity contribution >= 4 is 17.5 Å². The summed E-state index contributed by atoms with van der Waals surface area (Å²) in [6.45, 7) is 1.78. The van der Waals surface area contributed by atoms with E-state index >= 15 is 0 Å². The van der Waals surface area contributed by atoms with E-state index in [-0.39, 0.29) is 23.9 Å². The lowest BCUT2D eigenvalue weighted by Gasteiger charge is -2.19. The summed E-state index contributed by atoms with van der Waals surface area (Å²) in [6, 6.07) is 22.1. The highest BCUT2D eigenvalue weighted by atomic mass is 19.1. The molecule has 0 saturated heterocycles. The van der Waals surface area contributed by atoms with Crippen LogP contribution in [-0.2, 0) is 4.79 Å². The van der Waals surface area contributed by atoms with Crippen molar-refractivity contribution in [1.82, 2.24) is 5.32 Å².